The predicted molar refractivity (Wildman–Crippen MR) is 115 cm³/mol. The average molecular weight is 495 g/mol. The SMILES string of the molecule is CCN(C(=O)O)c1cc2c(cn1)c(Br)nn2[C@H]1CC[C@@H](Oc2cccc(F)c2F)CC1. The van der Waals surface area contributed by atoms with E-state index in [-0.39, 0.29) is 24.4 Å². The number of amides is 1. The summed E-state index contributed by atoms with van der Waals surface area (Å²) in [6, 6.07) is 5.72. The minimum Gasteiger partial charge on any atom is -0.487 e. The molecule has 4 rings (SSSR count). The number of aromatic nitrogens is 3. The summed E-state index contributed by atoms with van der Waals surface area (Å²) in [5.41, 5.74) is 0.789. The fourth-order valence-electron chi connectivity index (χ4n) is 3.97. The van der Waals surface area contributed by atoms with Crippen LogP contribution in [-0.2, 0) is 0 Å². The average Bonchev–Trinajstić information content (AvgIpc) is 3.08. The molecular formula is C21H21BrF2N4O3. The summed E-state index contributed by atoms with van der Waals surface area (Å²) in [4.78, 5) is 16.9. The molecule has 1 N–H and O–H groups in total. The summed E-state index contributed by atoms with van der Waals surface area (Å²) >= 11 is 3.46. The Kier molecular flexibility index (Phi) is 6.08. The Morgan fingerprint density at radius 3 is 2.74 bits per heavy atom. The summed E-state index contributed by atoms with van der Waals surface area (Å²) in [5, 5.41) is 14.8. The molecule has 3 aromatic rings. The van der Waals surface area contributed by atoms with Crippen molar-refractivity contribution in [3.05, 3.63) is 46.7 Å². The Hall–Kier alpha value is -2.75. The quantitative estimate of drug-likeness (QED) is 0.503. The largest absolute Gasteiger partial charge is 0.487 e. The lowest BCUT2D eigenvalue weighted by atomic mass is 9.93. The van der Waals surface area contributed by atoms with Gasteiger partial charge in [-0.15, -0.1) is 0 Å². The van der Waals surface area contributed by atoms with Crippen LogP contribution in [0, 0.1) is 11.6 Å². The molecule has 10 heteroatoms. The molecule has 1 saturated carbocycles. The first-order valence-corrected chi connectivity index (χ1v) is 10.8. The van der Waals surface area contributed by atoms with Crippen molar-refractivity contribution in [1.82, 2.24) is 14.8 Å². The van der Waals surface area contributed by atoms with E-state index >= 15 is 0 Å². The minimum absolute atomic E-state index is 0.0697. The van der Waals surface area contributed by atoms with Gasteiger partial charge in [-0.25, -0.2) is 14.2 Å². The summed E-state index contributed by atoms with van der Waals surface area (Å²) in [7, 11) is 0. The van der Waals surface area contributed by atoms with E-state index in [0.717, 1.165) is 29.8 Å². The highest BCUT2D eigenvalue weighted by atomic mass is 79.9. The van der Waals surface area contributed by atoms with Gasteiger partial charge < -0.3 is 9.84 Å². The number of ether oxygens (including phenoxy) is 1. The normalized spacial score (nSPS) is 18.8. The van der Waals surface area contributed by atoms with Crippen LogP contribution in [0.2, 0.25) is 0 Å². The maximum atomic E-state index is 13.9. The van der Waals surface area contributed by atoms with E-state index in [2.05, 4.69) is 26.0 Å². The van der Waals surface area contributed by atoms with E-state index in [1.165, 1.54) is 17.0 Å². The van der Waals surface area contributed by atoms with Crippen molar-refractivity contribution in [2.24, 2.45) is 0 Å². The summed E-state index contributed by atoms with van der Waals surface area (Å²) in [6.45, 7) is 2.03. The zero-order valence-electron chi connectivity index (χ0n) is 16.8. The number of carboxylic acid groups (broad SMARTS) is 1. The Bertz CT molecular complexity index is 1120. The number of rotatable bonds is 5. The topological polar surface area (TPSA) is 80.5 Å². The highest BCUT2D eigenvalue weighted by Gasteiger charge is 2.27. The van der Waals surface area contributed by atoms with E-state index < -0.39 is 17.7 Å². The Labute approximate surface area is 185 Å². The van der Waals surface area contributed by atoms with Gasteiger partial charge in [-0.05, 0) is 60.7 Å². The van der Waals surface area contributed by atoms with Crippen molar-refractivity contribution in [2.75, 3.05) is 11.4 Å². The van der Waals surface area contributed by atoms with E-state index in [0.29, 0.717) is 23.3 Å². The van der Waals surface area contributed by atoms with E-state index in [9.17, 15) is 18.7 Å². The van der Waals surface area contributed by atoms with Gasteiger partial charge in [0.25, 0.3) is 0 Å². The monoisotopic (exact) mass is 494 g/mol. The molecule has 1 aliphatic rings. The highest BCUT2D eigenvalue weighted by molar-refractivity contribution is 9.10. The van der Waals surface area contributed by atoms with Crippen LogP contribution in [-0.4, -0.2) is 38.6 Å². The second-order valence-electron chi connectivity index (χ2n) is 7.42. The molecule has 1 aromatic carbocycles. The Balaban J connectivity index is 1.53. The van der Waals surface area contributed by atoms with Gasteiger partial charge in [0.2, 0.25) is 5.82 Å². The van der Waals surface area contributed by atoms with Gasteiger partial charge in [-0.2, -0.15) is 9.49 Å². The van der Waals surface area contributed by atoms with Crippen LogP contribution >= 0.6 is 15.9 Å². The number of hydrogen-bond donors (Lipinski definition) is 1. The Morgan fingerprint density at radius 1 is 1.32 bits per heavy atom. The minimum atomic E-state index is -1.07. The van der Waals surface area contributed by atoms with Crippen LogP contribution in [0.25, 0.3) is 10.9 Å². The fourth-order valence-corrected chi connectivity index (χ4v) is 4.44. The lowest BCUT2D eigenvalue weighted by Crippen LogP contribution is -2.29. The molecule has 0 unspecified atom stereocenters. The van der Waals surface area contributed by atoms with Crippen LogP contribution in [0.1, 0.15) is 38.6 Å². The van der Waals surface area contributed by atoms with E-state index in [1.807, 2.05) is 4.68 Å². The number of benzene rings is 1. The summed E-state index contributed by atoms with van der Waals surface area (Å²) < 4.78 is 35.5. The second kappa shape index (κ2) is 8.78. The molecule has 31 heavy (non-hydrogen) atoms. The van der Waals surface area contributed by atoms with Crippen LogP contribution in [0.4, 0.5) is 19.4 Å². The number of halogens is 3. The van der Waals surface area contributed by atoms with Gasteiger partial charge >= 0.3 is 6.09 Å². The number of fused-ring (bicyclic) bond motifs is 1. The van der Waals surface area contributed by atoms with E-state index in [4.69, 9.17) is 4.74 Å². The first kappa shape index (κ1) is 21.5. The van der Waals surface area contributed by atoms with Crippen molar-refractivity contribution in [3.63, 3.8) is 0 Å². The molecule has 2 heterocycles. The smallest absolute Gasteiger partial charge is 0.412 e. The third-order valence-corrected chi connectivity index (χ3v) is 6.14. The number of carbonyl (C=O) groups is 1. The molecule has 1 amide bonds. The lowest BCUT2D eigenvalue weighted by Gasteiger charge is -2.29. The van der Waals surface area contributed by atoms with Crippen molar-refractivity contribution in [2.45, 2.75) is 44.8 Å². The first-order valence-electron chi connectivity index (χ1n) is 10.0. The third-order valence-electron chi connectivity index (χ3n) is 5.56. The summed E-state index contributed by atoms with van der Waals surface area (Å²) in [6.07, 6.45) is 3.13. The van der Waals surface area contributed by atoms with Crippen molar-refractivity contribution in [1.29, 1.82) is 0 Å². The molecule has 0 saturated heterocycles. The molecule has 1 aliphatic carbocycles. The Morgan fingerprint density at radius 2 is 2.06 bits per heavy atom. The molecule has 0 spiro atoms. The number of hydrogen-bond acceptors (Lipinski definition) is 4. The molecular weight excluding hydrogens is 474 g/mol. The maximum Gasteiger partial charge on any atom is 0.412 e. The molecule has 7 nitrogen and oxygen atoms in total. The van der Waals surface area contributed by atoms with Crippen LogP contribution in [0.5, 0.6) is 5.75 Å². The zero-order chi connectivity index (χ0) is 22.1. The molecule has 0 radical (unpaired) electrons. The molecule has 1 fully saturated rings. The van der Waals surface area contributed by atoms with Gasteiger partial charge in [0.1, 0.15) is 10.4 Å². The molecule has 0 bridgehead atoms. The first-order chi connectivity index (χ1) is 14.9. The van der Waals surface area contributed by atoms with Crippen LogP contribution < -0.4 is 9.64 Å². The van der Waals surface area contributed by atoms with Crippen LogP contribution in [0.3, 0.4) is 0 Å². The summed E-state index contributed by atoms with van der Waals surface area (Å²) in [5.74, 6) is -1.62. The van der Waals surface area contributed by atoms with Crippen LogP contribution in [0.15, 0.2) is 35.1 Å². The standard InChI is InChI=1S/C21H21BrF2N4O3/c1-2-27(21(29)30)18-10-16-14(11-25-18)20(22)26-28(16)12-6-8-13(9-7-12)31-17-5-3-4-15(23)19(17)24/h3-5,10-13H,2,6-9H2,1H3,(H,29,30)/t12-,13+. The molecule has 0 atom stereocenters. The number of anilines is 1. The highest BCUT2D eigenvalue weighted by Crippen LogP contribution is 2.36. The molecule has 164 valence electrons. The van der Waals surface area contributed by atoms with E-state index in [1.54, 1.807) is 19.2 Å². The van der Waals surface area contributed by atoms with Gasteiger partial charge in [-0.1, -0.05) is 6.07 Å². The van der Waals surface area contributed by atoms with Crippen molar-refractivity contribution >= 4 is 38.7 Å². The predicted octanol–water partition coefficient (Wildman–Crippen LogP) is 5.54. The van der Waals surface area contributed by atoms with Gasteiger partial charge in [-0.3, -0.25) is 9.58 Å². The lowest BCUT2D eigenvalue weighted by molar-refractivity contribution is 0.125. The van der Waals surface area contributed by atoms with Crippen molar-refractivity contribution < 1.29 is 23.4 Å². The number of pyridine rings is 1. The van der Waals surface area contributed by atoms with Gasteiger partial charge in [0.05, 0.1) is 23.0 Å². The fraction of sp³-hybridized carbons (Fsp3) is 0.381. The van der Waals surface area contributed by atoms with Crippen molar-refractivity contribution in [3.8, 4) is 5.75 Å². The number of nitrogens with zero attached hydrogens (tertiary/aromatic N) is 4. The maximum absolute atomic E-state index is 13.9. The second-order valence-corrected chi connectivity index (χ2v) is 8.17. The molecule has 2 aromatic heterocycles. The zero-order valence-corrected chi connectivity index (χ0v) is 18.3. The van der Waals surface area contributed by atoms with Gasteiger partial charge in [0, 0.05) is 18.8 Å². The van der Waals surface area contributed by atoms with Gasteiger partial charge in [0.15, 0.2) is 11.6 Å². The third kappa shape index (κ3) is 4.21. The molecule has 0 aliphatic heterocycles.